The van der Waals surface area contributed by atoms with E-state index >= 15 is 0 Å². The molecule has 0 spiro atoms. The maximum Gasteiger partial charge on any atom is 0.534 e. The first-order valence-corrected chi connectivity index (χ1v) is 9.13. The van der Waals surface area contributed by atoms with E-state index in [1.54, 1.807) is 24.3 Å². The predicted molar refractivity (Wildman–Crippen MR) is 92.5 cm³/mol. The number of nitrogens with zero attached hydrogens (tertiary/aromatic N) is 2. The number of fused-ring (bicyclic) bond motifs is 1. The van der Waals surface area contributed by atoms with Crippen LogP contribution in [0.1, 0.15) is 5.56 Å². The summed E-state index contributed by atoms with van der Waals surface area (Å²) in [4.78, 5) is 3.51. The summed E-state index contributed by atoms with van der Waals surface area (Å²) in [5, 5.41) is 9.44. The maximum atomic E-state index is 14.4. The van der Waals surface area contributed by atoms with E-state index in [2.05, 4.69) is 9.17 Å². The first-order chi connectivity index (χ1) is 13.0. The number of rotatable bonds is 3. The van der Waals surface area contributed by atoms with E-state index in [4.69, 9.17) is 11.6 Å². The van der Waals surface area contributed by atoms with Crippen LogP contribution in [0.4, 0.5) is 17.6 Å². The zero-order valence-electron chi connectivity index (χ0n) is 13.5. The van der Waals surface area contributed by atoms with Crippen LogP contribution >= 0.6 is 11.6 Å². The molecule has 0 saturated carbocycles. The van der Waals surface area contributed by atoms with E-state index in [0.29, 0.717) is 5.56 Å². The van der Waals surface area contributed by atoms with Crippen LogP contribution in [0.2, 0.25) is 5.02 Å². The summed E-state index contributed by atoms with van der Waals surface area (Å²) in [5.74, 6) is -2.22. The lowest BCUT2D eigenvalue weighted by molar-refractivity contribution is -0.0501. The minimum atomic E-state index is -6.13. The molecule has 1 aromatic heterocycles. The molecule has 0 aliphatic carbocycles. The van der Waals surface area contributed by atoms with Crippen molar-refractivity contribution in [3.05, 3.63) is 58.9 Å². The van der Waals surface area contributed by atoms with Crippen molar-refractivity contribution in [2.45, 2.75) is 5.51 Å². The van der Waals surface area contributed by atoms with Gasteiger partial charge in [-0.25, -0.2) is 9.37 Å². The number of halogens is 5. The van der Waals surface area contributed by atoms with E-state index in [1.165, 1.54) is 18.2 Å². The minimum Gasteiger partial charge on any atom is -0.354 e. The molecule has 0 fully saturated rings. The van der Waals surface area contributed by atoms with E-state index < -0.39 is 38.4 Å². The fourth-order valence-electron chi connectivity index (χ4n) is 2.49. The lowest BCUT2D eigenvalue weighted by atomic mass is 9.96. The van der Waals surface area contributed by atoms with Gasteiger partial charge in [-0.15, -0.1) is 0 Å². The Balaban J connectivity index is 2.43. The third-order valence-electron chi connectivity index (χ3n) is 3.62. The molecule has 1 heterocycles. The molecule has 0 unspecified atom stereocenters. The number of nitriles is 1. The third-order valence-corrected chi connectivity index (χ3v) is 4.78. The van der Waals surface area contributed by atoms with E-state index in [1.807, 2.05) is 0 Å². The van der Waals surface area contributed by atoms with Gasteiger partial charge in [-0.3, -0.25) is 0 Å². The maximum absolute atomic E-state index is 14.4. The van der Waals surface area contributed by atoms with Gasteiger partial charge in [0.05, 0.1) is 0 Å². The Labute approximate surface area is 160 Å². The van der Waals surface area contributed by atoms with Crippen molar-refractivity contribution >= 4 is 32.6 Å². The van der Waals surface area contributed by atoms with Gasteiger partial charge in [0.15, 0.2) is 5.82 Å². The largest absolute Gasteiger partial charge is 0.534 e. The summed E-state index contributed by atoms with van der Waals surface area (Å²) in [7, 11) is -6.13. The highest BCUT2D eigenvalue weighted by Crippen LogP contribution is 2.39. The summed E-state index contributed by atoms with van der Waals surface area (Å²) in [5.41, 5.74) is -6.66. The van der Waals surface area contributed by atoms with Crippen molar-refractivity contribution in [1.29, 1.82) is 5.26 Å². The number of benzene rings is 2. The fraction of sp³-hybridized carbons (Fsp3) is 0.0588. The van der Waals surface area contributed by atoms with Gasteiger partial charge in [0.25, 0.3) is 5.88 Å². The molecule has 5 nitrogen and oxygen atoms in total. The average Bonchev–Trinajstić information content (AvgIpc) is 2.60. The molecule has 11 heteroatoms. The second-order valence-electron chi connectivity index (χ2n) is 5.41. The SMILES string of the molecule is N#Cc1c(OS(=O)(=O)C(F)(F)F)nc2c(F)cc(Cl)cc2c1-c1ccccc1. The van der Waals surface area contributed by atoms with Crippen molar-refractivity contribution in [2.75, 3.05) is 0 Å². The molecule has 0 saturated heterocycles. The number of hydrogen-bond donors (Lipinski definition) is 0. The second kappa shape index (κ2) is 6.92. The van der Waals surface area contributed by atoms with Crippen LogP contribution in [0, 0.1) is 17.1 Å². The molecular formula is C17H7ClF4N2O3S. The lowest BCUT2D eigenvalue weighted by Gasteiger charge is -2.15. The van der Waals surface area contributed by atoms with Crippen LogP contribution in [-0.2, 0) is 10.1 Å². The van der Waals surface area contributed by atoms with Crippen molar-refractivity contribution in [3.8, 4) is 23.1 Å². The Morgan fingerprint density at radius 1 is 1.14 bits per heavy atom. The van der Waals surface area contributed by atoms with Crippen molar-refractivity contribution < 1.29 is 30.2 Å². The molecule has 0 aliphatic rings. The Morgan fingerprint density at radius 3 is 2.36 bits per heavy atom. The summed E-state index contributed by atoms with van der Waals surface area (Å²) >= 11 is 5.86. The van der Waals surface area contributed by atoms with Gasteiger partial charge in [-0.1, -0.05) is 41.9 Å². The summed E-state index contributed by atoms with van der Waals surface area (Å²) in [6.45, 7) is 0. The van der Waals surface area contributed by atoms with Crippen LogP contribution in [0.3, 0.4) is 0 Å². The molecule has 0 radical (unpaired) electrons. The molecule has 2 aromatic carbocycles. The van der Waals surface area contributed by atoms with Crippen molar-refractivity contribution in [1.82, 2.24) is 4.98 Å². The Morgan fingerprint density at radius 2 is 1.79 bits per heavy atom. The standard InChI is InChI=1S/C17H7ClF4N2O3S/c18-10-6-11-14(9-4-2-1-3-5-9)12(8-23)16(24-15(11)13(19)7-10)27-28(25,26)17(20,21)22/h1-7H. The molecular weight excluding hydrogens is 424 g/mol. The summed E-state index contributed by atoms with van der Waals surface area (Å²) in [6.07, 6.45) is 0. The highest BCUT2D eigenvalue weighted by Gasteiger charge is 2.49. The number of alkyl halides is 3. The van der Waals surface area contributed by atoms with Crippen molar-refractivity contribution in [3.63, 3.8) is 0 Å². The average molecular weight is 431 g/mol. The Bertz CT molecular complexity index is 1220. The van der Waals surface area contributed by atoms with Crippen LogP contribution in [0.15, 0.2) is 42.5 Å². The second-order valence-corrected chi connectivity index (χ2v) is 7.39. The quantitative estimate of drug-likeness (QED) is 0.339. The molecule has 28 heavy (non-hydrogen) atoms. The molecule has 0 atom stereocenters. The smallest absolute Gasteiger partial charge is 0.354 e. The summed E-state index contributed by atoms with van der Waals surface area (Å²) in [6, 6.07) is 11.5. The van der Waals surface area contributed by atoms with E-state index in [-0.39, 0.29) is 16.0 Å². The minimum absolute atomic E-state index is 0.00417. The summed E-state index contributed by atoms with van der Waals surface area (Å²) < 4.78 is 79.4. The zero-order valence-corrected chi connectivity index (χ0v) is 15.0. The number of pyridine rings is 1. The fourth-order valence-corrected chi connectivity index (χ4v) is 3.12. The molecule has 0 amide bonds. The van der Waals surface area contributed by atoms with Crippen LogP contribution in [0.5, 0.6) is 5.88 Å². The van der Waals surface area contributed by atoms with Gasteiger partial charge in [-0.05, 0) is 17.7 Å². The predicted octanol–water partition coefficient (Wildman–Crippen LogP) is 4.79. The first-order valence-electron chi connectivity index (χ1n) is 7.34. The monoisotopic (exact) mass is 430 g/mol. The molecule has 0 bridgehead atoms. The van der Waals surface area contributed by atoms with Crippen molar-refractivity contribution in [2.24, 2.45) is 0 Å². The van der Waals surface area contributed by atoms with Gasteiger partial charge in [-0.2, -0.15) is 26.9 Å². The van der Waals surface area contributed by atoms with Gasteiger partial charge < -0.3 is 4.18 Å². The highest BCUT2D eigenvalue weighted by atomic mass is 35.5. The number of aromatic nitrogens is 1. The van der Waals surface area contributed by atoms with Crippen LogP contribution in [0.25, 0.3) is 22.0 Å². The first kappa shape index (κ1) is 19.9. The van der Waals surface area contributed by atoms with Gasteiger partial charge in [0, 0.05) is 16.0 Å². The molecule has 3 aromatic rings. The molecule has 0 N–H and O–H groups in total. The normalized spacial score (nSPS) is 12.0. The number of hydrogen-bond acceptors (Lipinski definition) is 5. The highest BCUT2D eigenvalue weighted by molar-refractivity contribution is 7.88. The molecule has 0 aliphatic heterocycles. The van der Waals surface area contributed by atoms with E-state index in [0.717, 1.165) is 6.07 Å². The Kier molecular flexibility index (Phi) is 4.91. The zero-order chi connectivity index (χ0) is 20.7. The Hall–Kier alpha value is -2.90. The lowest BCUT2D eigenvalue weighted by Crippen LogP contribution is -2.28. The van der Waals surface area contributed by atoms with Gasteiger partial charge in [0.2, 0.25) is 0 Å². The van der Waals surface area contributed by atoms with E-state index in [9.17, 15) is 31.2 Å². The third kappa shape index (κ3) is 3.46. The van der Waals surface area contributed by atoms with Gasteiger partial charge in [0.1, 0.15) is 17.1 Å². The van der Waals surface area contributed by atoms with Gasteiger partial charge >= 0.3 is 15.6 Å². The topological polar surface area (TPSA) is 80.0 Å². The van der Waals surface area contributed by atoms with Crippen LogP contribution in [-0.4, -0.2) is 18.9 Å². The van der Waals surface area contributed by atoms with Crippen LogP contribution < -0.4 is 4.18 Å². The molecule has 3 rings (SSSR count). The molecule has 144 valence electrons.